The van der Waals surface area contributed by atoms with Crippen LogP contribution in [0.3, 0.4) is 0 Å². The molecule has 1 atom stereocenters. The van der Waals surface area contributed by atoms with Crippen molar-refractivity contribution in [3.8, 4) is 0 Å². The van der Waals surface area contributed by atoms with Crippen LogP contribution in [0.5, 0.6) is 0 Å². The molecule has 2 rings (SSSR count). The van der Waals surface area contributed by atoms with Crippen LogP contribution in [0.2, 0.25) is 10.0 Å². The molecule has 0 heterocycles. The first kappa shape index (κ1) is 14.2. The molecule has 0 aliphatic carbocycles. The Morgan fingerprint density at radius 1 is 1.16 bits per heavy atom. The van der Waals surface area contributed by atoms with Gasteiger partial charge >= 0.3 is 0 Å². The van der Waals surface area contributed by atoms with Crippen molar-refractivity contribution < 1.29 is 0 Å². The number of nitrogens with two attached hydrogens (primary N) is 1. The quantitative estimate of drug-likeness (QED) is 0.876. The molecule has 0 bridgehead atoms. The van der Waals surface area contributed by atoms with Crippen LogP contribution in [-0.4, -0.2) is 6.54 Å². The predicted octanol–water partition coefficient (Wildman–Crippen LogP) is 4.41. The summed E-state index contributed by atoms with van der Waals surface area (Å²) in [5.41, 5.74) is 8.99. The van der Waals surface area contributed by atoms with Gasteiger partial charge in [-0.2, -0.15) is 0 Å². The summed E-state index contributed by atoms with van der Waals surface area (Å²) in [6.45, 7) is 2.49. The lowest BCUT2D eigenvalue weighted by Crippen LogP contribution is -2.21. The third-order valence-electron chi connectivity index (χ3n) is 3.04. The molecule has 2 aromatic rings. The summed E-state index contributed by atoms with van der Waals surface area (Å²) in [5, 5.41) is 4.74. The van der Waals surface area contributed by atoms with E-state index in [0.717, 1.165) is 11.3 Å². The van der Waals surface area contributed by atoms with Crippen LogP contribution < -0.4 is 11.1 Å². The van der Waals surface area contributed by atoms with Gasteiger partial charge < -0.3 is 11.1 Å². The highest BCUT2D eigenvalue weighted by molar-refractivity contribution is 6.33. The van der Waals surface area contributed by atoms with Gasteiger partial charge in [0.1, 0.15) is 0 Å². The van der Waals surface area contributed by atoms with Gasteiger partial charge in [-0.25, -0.2) is 0 Å². The first-order chi connectivity index (χ1) is 9.11. The Morgan fingerprint density at radius 2 is 1.89 bits per heavy atom. The maximum Gasteiger partial charge on any atom is 0.0651 e. The van der Waals surface area contributed by atoms with Gasteiger partial charge in [-0.05, 0) is 42.3 Å². The van der Waals surface area contributed by atoms with Crippen molar-refractivity contribution in [3.63, 3.8) is 0 Å². The molecule has 4 heteroatoms. The van der Waals surface area contributed by atoms with Crippen LogP contribution in [0, 0.1) is 6.92 Å². The summed E-state index contributed by atoms with van der Waals surface area (Å²) >= 11 is 12.2. The van der Waals surface area contributed by atoms with Crippen LogP contribution in [0.1, 0.15) is 17.2 Å². The normalized spacial score (nSPS) is 12.2. The lowest BCUT2D eigenvalue weighted by atomic mass is 10.1. The molecule has 1 unspecified atom stereocenters. The fourth-order valence-electron chi connectivity index (χ4n) is 1.97. The second-order valence-corrected chi connectivity index (χ2v) is 5.26. The molecule has 0 aliphatic heterocycles. The number of nitrogens with one attached hydrogen (secondary N) is 1. The van der Waals surface area contributed by atoms with Crippen LogP contribution in [0.4, 0.5) is 5.69 Å². The molecule has 19 heavy (non-hydrogen) atoms. The smallest absolute Gasteiger partial charge is 0.0651 e. The van der Waals surface area contributed by atoms with E-state index in [4.69, 9.17) is 28.9 Å². The standard InChI is InChI=1S/C15H16Cl2N2/c1-10-4-2-3-5-14(10)19-15(9-18)12-8-11(16)6-7-13(12)17/h2-8,15,19H,9,18H2,1H3. The molecule has 0 radical (unpaired) electrons. The number of rotatable bonds is 4. The van der Waals surface area contributed by atoms with Gasteiger partial charge in [-0.1, -0.05) is 41.4 Å². The van der Waals surface area contributed by atoms with Gasteiger partial charge in [0.15, 0.2) is 0 Å². The van der Waals surface area contributed by atoms with E-state index in [2.05, 4.69) is 18.3 Å². The van der Waals surface area contributed by atoms with Crippen molar-refractivity contribution in [1.82, 2.24) is 0 Å². The van der Waals surface area contributed by atoms with Crippen LogP contribution in [-0.2, 0) is 0 Å². The topological polar surface area (TPSA) is 38.0 Å². The minimum atomic E-state index is -0.0627. The molecule has 0 aliphatic rings. The Balaban J connectivity index is 2.30. The van der Waals surface area contributed by atoms with Crippen molar-refractivity contribution in [2.45, 2.75) is 13.0 Å². The molecular formula is C15H16Cl2N2. The zero-order valence-electron chi connectivity index (χ0n) is 10.7. The Kier molecular flexibility index (Phi) is 4.70. The highest BCUT2D eigenvalue weighted by atomic mass is 35.5. The highest BCUT2D eigenvalue weighted by Gasteiger charge is 2.14. The summed E-state index contributed by atoms with van der Waals surface area (Å²) in [7, 11) is 0. The highest BCUT2D eigenvalue weighted by Crippen LogP contribution is 2.29. The number of para-hydroxylation sites is 1. The summed E-state index contributed by atoms with van der Waals surface area (Å²) in [6.07, 6.45) is 0. The van der Waals surface area contributed by atoms with Crippen molar-refractivity contribution in [2.24, 2.45) is 5.73 Å². The van der Waals surface area contributed by atoms with E-state index >= 15 is 0 Å². The Hall–Kier alpha value is -1.22. The van der Waals surface area contributed by atoms with Crippen LogP contribution in [0.15, 0.2) is 42.5 Å². The molecule has 3 N–H and O–H groups in total. The zero-order valence-corrected chi connectivity index (χ0v) is 12.2. The van der Waals surface area contributed by atoms with Gasteiger partial charge in [0.05, 0.1) is 6.04 Å². The average Bonchev–Trinajstić information content (AvgIpc) is 2.41. The number of anilines is 1. The van der Waals surface area contributed by atoms with Crippen LogP contribution >= 0.6 is 23.2 Å². The van der Waals surface area contributed by atoms with Gasteiger partial charge in [0, 0.05) is 22.3 Å². The second-order valence-electron chi connectivity index (χ2n) is 4.41. The van der Waals surface area contributed by atoms with Crippen molar-refractivity contribution >= 4 is 28.9 Å². The van der Waals surface area contributed by atoms with Gasteiger partial charge in [-0.3, -0.25) is 0 Å². The molecule has 0 fully saturated rings. The molecule has 2 nitrogen and oxygen atoms in total. The number of hydrogen-bond donors (Lipinski definition) is 2. The van der Waals surface area contributed by atoms with E-state index < -0.39 is 0 Å². The van der Waals surface area contributed by atoms with Crippen molar-refractivity contribution in [1.29, 1.82) is 0 Å². The fraction of sp³-hybridized carbons (Fsp3) is 0.200. The number of benzene rings is 2. The van der Waals surface area contributed by atoms with Gasteiger partial charge in [-0.15, -0.1) is 0 Å². The molecule has 100 valence electrons. The molecule has 0 aromatic heterocycles. The fourth-order valence-corrected chi connectivity index (χ4v) is 2.40. The first-order valence-electron chi connectivity index (χ1n) is 6.09. The van der Waals surface area contributed by atoms with E-state index in [1.807, 2.05) is 24.3 Å². The Labute approximate surface area is 123 Å². The molecule has 0 saturated carbocycles. The average molecular weight is 295 g/mol. The summed E-state index contributed by atoms with van der Waals surface area (Å²) in [5.74, 6) is 0. The third-order valence-corrected chi connectivity index (χ3v) is 3.62. The largest absolute Gasteiger partial charge is 0.377 e. The SMILES string of the molecule is Cc1ccccc1NC(CN)c1cc(Cl)ccc1Cl. The van der Waals surface area contributed by atoms with Gasteiger partial charge in [0.25, 0.3) is 0 Å². The van der Waals surface area contributed by atoms with Crippen LogP contribution in [0.25, 0.3) is 0 Å². The van der Waals surface area contributed by atoms with Crippen molar-refractivity contribution in [3.05, 3.63) is 63.6 Å². The lowest BCUT2D eigenvalue weighted by molar-refractivity contribution is 0.789. The minimum Gasteiger partial charge on any atom is -0.377 e. The van der Waals surface area contributed by atoms with E-state index in [1.54, 1.807) is 12.1 Å². The first-order valence-corrected chi connectivity index (χ1v) is 6.84. The maximum absolute atomic E-state index is 6.22. The van der Waals surface area contributed by atoms with Crippen molar-refractivity contribution in [2.75, 3.05) is 11.9 Å². The van der Waals surface area contributed by atoms with E-state index in [9.17, 15) is 0 Å². The Bertz CT molecular complexity index is 570. The minimum absolute atomic E-state index is 0.0627. The molecule has 0 amide bonds. The van der Waals surface area contributed by atoms with E-state index in [-0.39, 0.29) is 6.04 Å². The number of halogens is 2. The van der Waals surface area contributed by atoms with Gasteiger partial charge in [0.2, 0.25) is 0 Å². The van der Waals surface area contributed by atoms with E-state index in [1.165, 1.54) is 5.56 Å². The number of aryl methyl sites for hydroxylation is 1. The van der Waals surface area contributed by atoms with E-state index in [0.29, 0.717) is 16.6 Å². The summed E-state index contributed by atoms with van der Waals surface area (Å²) in [6, 6.07) is 13.4. The zero-order chi connectivity index (χ0) is 13.8. The molecule has 0 saturated heterocycles. The summed E-state index contributed by atoms with van der Waals surface area (Å²) in [4.78, 5) is 0. The Morgan fingerprint density at radius 3 is 2.58 bits per heavy atom. The second kappa shape index (κ2) is 6.29. The monoisotopic (exact) mass is 294 g/mol. The predicted molar refractivity (Wildman–Crippen MR) is 83.1 cm³/mol. The lowest BCUT2D eigenvalue weighted by Gasteiger charge is -2.21. The third kappa shape index (κ3) is 3.41. The molecular weight excluding hydrogens is 279 g/mol. The maximum atomic E-state index is 6.22. The molecule has 0 spiro atoms. The molecule has 2 aromatic carbocycles. The number of hydrogen-bond acceptors (Lipinski definition) is 2. The summed E-state index contributed by atoms with van der Waals surface area (Å²) < 4.78 is 0.